The zero-order valence-electron chi connectivity index (χ0n) is 12.2. The Bertz CT molecular complexity index is 840. The highest BCUT2D eigenvalue weighted by atomic mass is 19.1. The smallest absolute Gasteiger partial charge is 0.271 e. The van der Waals surface area contributed by atoms with E-state index in [2.05, 4.69) is 10.5 Å². The predicted molar refractivity (Wildman–Crippen MR) is 87.2 cm³/mol. The minimum atomic E-state index is -0.460. The highest BCUT2D eigenvalue weighted by Crippen LogP contribution is 2.10. The maximum atomic E-state index is 13.1. The molecule has 23 heavy (non-hydrogen) atoms. The molecule has 0 unspecified atom stereocenters. The van der Waals surface area contributed by atoms with E-state index in [0.29, 0.717) is 0 Å². The number of rotatable bonds is 4. The van der Waals surface area contributed by atoms with Crippen LogP contribution in [0.25, 0.3) is 5.69 Å². The molecule has 0 atom stereocenters. The van der Waals surface area contributed by atoms with Crippen molar-refractivity contribution in [2.24, 2.45) is 5.10 Å². The van der Waals surface area contributed by atoms with Gasteiger partial charge in [-0.15, -0.1) is 0 Å². The van der Waals surface area contributed by atoms with Crippen molar-refractivity contribution in [3.63, 3.8) is 0 Å². The summed E-state index contributed by atoms with van der Waals surface area (Å²) in [7, 11) is 0. The molecule has 1 aromatic heterocycles. The number of para-hydroxylation sites is 1. The summed E-state index contributed by atoms with van der Waals surface area (Å²) in [6, 6.07) is 19.0. The fourth-order valence-electron chi connectivity index (χ4n) is 2.17. The molecular weight excluding hydrogens is 293 g/mol. The number of nitrogens with zero attached hydrogens (tertiary/aromatic N) is 2. The largest absolute Gasteiger partial charge is 0.316 e. The molecule has 4 nitrogen and oxygen atoms in total. The van der Waals surface area contributed by atoms with Crippen molar-refractivity contribution >= 4 is 12.1 Å². The molecule has 0 saturated heterocycles. The van der Waals surface area contributed by atoms with Crippen LogP contribution in [0.5, 0.6) is 0 Å². The van der Waals surface area contributed by atoms with Crippen LogP contribution in [-0.2, 0) is 0 Å². The molecule has 0 spiro atoms. The molecule has 5 heteroatoms. The number of benzene rings is 2. The van der Waals surface area contributed by atoms with Gasteiger partial charge in [-0.05, 0) is 42.5 Å². The van der Waals surface area contributed by atoms with Crippen molar-refractivity contribution < 1.29 is 9.18 Å². The van der Waals surface area contributed by atoms with E-state index in [1.165, 1.54) is 18.2 Å². The maximum Gasteiger partial charge on any atom is 0.271 e. The average molecular weight is 307 g/mol. The SMILES string of the molecule is O=C(N/N=C\c1cccn1-c1ccccc1)c1cccc(F)c1. The number of carbonyl (C=O) groups is 1. The van der Waals surface area contributed by atoms with Crippen LogP contribution in [0.4, 0.5) is 4.39 Å². The normalized spacial score (nSPS) is 10.8. The van der Waals surface area contributed by atoms with Gasteiger partial charge in [-0.1, -0.05) is 24.3 Å². The third kappa shape index (κ3) is 3.52. The number of aromatic nitrogens is 1. The van der Waals surface area contributed by atoms with Gasteiger partial charge >= 0.3 is 0 Å². The van der Waals surface area contributed by atoms with Crippen molar-refractivity contribution in [1.82, 2.24) is 9.99 Å². The van der Waals surface area contributed by atoms with Gasteiger partial charge in [-0.3, -0.25) is 4.79 Å². The molecular formula is C18H14FN3O. The fraction of sp³-hybridized carbons (Fsp3) is 0. The lowest BCUT2D eigenvalue weighted by Crippen LogP contribution is -2.18. The molecule has 0 radical (unpaired) electrons. The van der Waals surface area contributed by atoms with E-state index < -0.39 is 11.7 Å². The monoisotopic (exact) mass is 307 g/mol. The maximum absolute atomic E-state index is 13.1. The van der Waals surface area contributed by atoms with Crippen LogP contribution < -0.4 is 5.43 Å². The van der Waals surface area contributed by atoms with E-state index in [1.54, 1.807) is 6.21 Å². The lowest BCUT2D eigenvalue weighted by atomic mass is 10.2. The van der Waals surface area contributed by atoms with E-state index >= 15 is 0 Å². The lowest BCUT2D eigenvalue weighted by molar-refractivity contribution is 0.0954. The second kappa shape index (κ2) is 6.70. The number of halogens is 1. The van der Waals surface area contributed by atoms with Gasteiger partial charge in [0, 0.05) is 17.4 Å². The molecule has 2 aromatic carbocycles. The van der Waals surface area contributed by atoms with E-state index in [0.717, 1.165) is 17.4 Å². The van der Waals surface area contributed by atoms with E-state index in [4.69, 9.17) is 0 Å². The quantitative estimate of drug-likeness (QED) is 0.583. The first kappa shape index (κ1) is 14.7. The molecule has 0 fully saturated rings. The lowest BCUT2D eigenvalue weighted by Gasteiger charge is -2.05. The summed E-state index contributed by atoms with van der Waals surface area (Å²) in [5.41, 5.74) is 4.43. The first-order valence-electron chi connectivity index (χ1n) is 7.06. The van der Waals surface area contributed by atoms with Gasteiger partial charge in [-0.25, -0.2) is 9.82 Å². The Kier molecular flexibility index (Phi) is 4.29. The summed E-state index contributed by atoms with van der Waals surface area (Å²) in [6.45, 7) is 0. The topological polar surface area (TPSA) is 46.4 Å². The van der Waals surface area contributed by atoms with Crippen LogP contribution in [0.3, 0.4) is 0 Å². The van der Waals surface area contributed by atoms with Crippen molar-refractivity contribution in [2.75, 3.05) is 0 Å². The summed E-state index contributed by atoms with van der Waals surface area (Å²) in [6.07, 6.45) is 3.45. The predicted octanol–water partition coefficient (Wildman–Crippen LogP) is 3.38. The molecule has 1 heterocycles. The Morgan fingerprint density at radius 2 is 1.87 bits per heavy atom. The molecule has 3 rings (SSSR count). The third-order valence-corrected chi connectivity index (χ3v) is 3.26. The second-order valence-electron chi connectivity index (χ2n) is 4.85. The molecule has 3 aromatic rings. The standard InChI is InChI=1S/C18H14FN3O/c19-15-7-4-6-14(12-15)18(23)21-20-13-17-10-5-11-22(17)16-8-2-1-3-9-16/h1-13H,(H,21,23)/b20-13-. The molecule has 0 aliphatic carbocycles. The van der Waals surface area contributed by atoms with E-state index in [1.807, 2.05) is 53.2 Å². The van der Waals surface area contributed by atoms with Gasteiger partial charge < -0.3 is 4.57 Å². The molecule has 0 aliphatic heterocycles. The van der Waals surface area contributed by atoms with Crippen LogP contribution in [0.15, 0.2) is 78.0 Å². The molecule has 0 aliphatic rings. The second-order valence-corrected chi connectivity index (χ2v) is 4.85. The Balaban J connectivity index is 1.72. The van der Waals surface area contributed by atoms with E-state index in [9.17, 15) is 9.18 Å². The van der Waals surface area contributed by atoms with Crippen molar-refractivity contribution in [3.05, 3.63) is 90.0 Å². The summed E-state index contributed by atoms with van der Waals surface area (Å²) < 4.78 is 15.0. The van der Waals surface area contributed by atoms with Crippen LogP contribution in [0.2, 0.25) is 0 Å². The number of hydrazone groups is 1. The number of nitrogens with one attached hydrogen (secondary N) is 1. The van der Waals surface area contributed by atoms with Gasteiger partial charge in [0.2, 0.25) is 0 Å². The van der Waals surface area contributed by atoms with Gasteiger partial charge in [0.05, 0.1) is 11.9 Å². The first-order valence-corrected chi connectivity index (χ1v) is 7.06. The molecule has 114 valence electrons. The van der Waals surface area contributed by atoms with Crippen molar-refractivity contribution in [2.45, 2.75) is 0 Å². The van der Waals surface area contributed by atoms with E-state index in [-0.39, 0.29) is 5.56 Å². The zero-order valence-corrected chi connectivity index (χ0v) is 12.2. The summed E-state index contributed by atoms with van der Waals surface area (Å²) >= 11 is 0. The minimum Gasteiger partial charge on any atom is -0.316 e. The Morgan fingerprint density at radius 3 is 2.65 bits per heavy atom. The number of hydrogen-bond donors (Lipinski definition) is 1. The number of amides is 1. The number of carbonyl (C=O) groups excluding carboxylic acids is 1. The molecule has 1 N–H and O–H groups in total. The summed E-state index contributed by atoms with van der Waals surface area (Å²) in [5.74, 6) is -0.918. The Labute approximate surface area is 132 Å². The Morgan fingerprint density at radius 1 is 1.04 bits per heavy atom. The van der Waals surface area contributed by atoms with Crippen molar-refractivity contribution in [1.29, 1.82) is 0 Å². The van der Waals surface area contributed by atoms with Crippen LogP contribution in [0, 0.1) is 5.82 Å². The summed E-state index contributed by atoms with van der Waals surface area (Å²) in [5, 5.41) is 3.94. The fourth-order valence-corrected chi connectivity index (χ4v) is 2.17. The minimum absolute atomic E-state index is 0.223. The average Bonchev–Trinajstić information content (AvgIpc) is 3.04. The Hall–Kier alpha value is -3.21. The van der Waals surface area contributed by atoms with Crippen LogP contribution in [-0.4, -0.2) is 16.7 Å². The van der Waals surface area contributed by atoms with Gasteiger partial charge in [-0.2, -0.15) is 5.10 Å². The highest BCUT2D eigenvalue weighted by molar-refractivity contribution is 5.94. The van der Waals surface area contributed by atoms with Gasteiger partial charge in [0.1, 0.15) is 5.82 Å². The van der Waals surface area contributed by atoms with Gasteiger partial charge in [0.15, 0.2) is 0 Å². The van der Waals surface area contributed by atoms with Crippen molar-refractivity contribution in [3.8, 4) is 5.69 Å². The molecule has 0 bridgehead atoms. The van der Waals surface area contributed by atoms with Gasteiger partial charge in [0.25, 0.3) is 5.91 Å². The highest BCUT2D eigenvalue weighted by Gasteiger charge is 2.05. The third-order valence-electron chi connectivity index (χ3n) is 3.26. The van der Waals surface area contributed by atoms with Crippen LogP contribution >= 0.6 is 0 Å². The molecule has 1 amide bonds. The first-order chi connectivity index (χ1) is 11.2. The zero-order chi connectivity index (χ0) is 16.1. The number of hydrogen-bond acceptors (Lipinski definition) is 2. The van der Waals surface area contributed by atoms with Crippen LogP contribution in [0.1, 0.15) is 16.1 Å². The summed E-state index contributed by atoms with van der Waals surface area (Å²) in [4.78, 5) is 11.9. The molecule has 0 saturated carbocycles.